The number of ether oxygens (including phenoxy) is 2. The molecule has 6 heteroatoms. The summed E-state index contributed by atoms with van der Waals surface area (Å²) < 4.78 is 10.7. The van der Waals surface area contributed by atoms with E-state index in [0.717, 1.165) is 27.1 Å². The van der Waals surface area contributed by atoms with Crippen molar-refractivity contribution in [3.05, 3.63) is 99.9 Å². The van der Waals surface area contributed by atoms with Crippen molar-refractivity contribution in [3.8, 4) is 33.8 Å². The molecule has 0 bridgehead atoms. The molecule has 0 aliphatic carbocycles. The van der Waals surface area contributed by atoms with Crippen LogP contribution in [0.25, 0.3) is 32.5 Å². The normalized spacial score (nSPS) is 11.0. The monoisotopic (exact) mass is 454 g/mol. The van der Waals surface area contributed by atoms with Crippen LogP contribution in [0.5, 0.6) is 11.5 Å². The molecule has 0 radical (unpaired) electrons. The molecule has 5 nitrogen and oxygen atoms in total. The molecule has 0 fully saturated rings. The van der Waals surface area contributed by atoms with Gasteiger partial charge in [-0.1, -0.05) is 60.7 Å². The standard InChI is InChI=1S/C27H22N2O3S/c1-31-22-13-8-17(14-23(22)32-2)15-24-28-26(30)25-21(16-33-27(25)29-24)20-11-9-19(10-12-20)18-6-4-3-5-7-18/h3-14,16H,15H2,1-2H3,(H,28,29,30). The van der Waals surface area contributed by atoms with Gasteiger partial charge in [-0.3, -0.25) is 4.79 Å². The lowest BCUT2D eigenvalue weighted by molar-refractivity contribution is 0.354. The molecule has 0 amide bonds. The van der Waals surface area contributed by atoms with E-state index in [1.165, 1.54) is 16.9 Å². The van der Waals surface area contributed by atoms with Crippen LogP contribution in [-0.2, 0) is 6.42 Å². The number of fused-ring (bicyclic) bond motifs is 1. The number of nitrogens with zero attached hydrogens (tertiary/aromatic N) is 1. The first-order valence-corrected chi connectivity index (χ1v) is 11.4. The van der Waals surface area contributed by atoms with Gasteiger partial charge in [0.05, 0.1) is 19.6 Å². The van der Waals surface area contributed by atoms with E-state index < -0.39 is 0 Å². The summed E-state index contributed by atoms with van der Waals surface area (Å²) in [5.41, 5.74) is 5.06. The smallest absolute Gasteiger partial charge is 0.260 e. The van der Waals surface area contributed by atoms with Crippen LogP contribution in [0.3, 0.4) is 0 Å². The van der Waals surface area contributed by atoms with Crippen LogP contribution >= 0.6 is 11.3 Å². The summed E-state index contributed by atoms with van der Waals surface area (Å²) in [4.78, 5) is 21.5. The van der Waals surface area contributed by atoms with Crippen LogP contribution in [0.4, 0.5) is 0 Å². The van der Waals surface area contributed by atoms with Crippen molar-refractivity contribution in [2.24, 2.45) is 0 Å². The molecule has 33 heavy (non-hydrogen) atoms. The van der Waals surface area contributed by atoms with Crippen molar-refractivity contribution in [3.63, 3.8) is 0 Å². The summed E-state index contributed by atoms with van der Waals surface area (Å²) in [5, 5.41) is 2.63. The molecule has 0 aliphatic heterocycles. The lowest BCUT2D eigenvalue weighted by atomic mass is 10.0. The summed E-state index contributed by atoms with van der Waals surface area (Å²) in [6.07, 6.45) is 0.491. The summed E-state index contributed by atoms with van der Waals surface area (Å²) in [5.74, 6) is 1.93. The topological polar surface area (TPSA) is 64.2 Å². The maximum Gasteiger partial charge on any atom is 0.260 e. The van der Waals surface area contributed by atoms with E-state index in [-0.39, 0.29) is 5.56 Å². The largest absolute Gasteiger partial charge is 0.493 e. The second-order valence-electron chi connectivity index (χ2n) is 7.65. The van der Waals surface area contributed by atoms with Crippen molar-refractivity contribution in [2.45, 2.75) is 6.42 Å². The van der Waals surface area contributed by atoms with Crippen molar-refractivity contribution >= 4 is 21.6 Å². The number of rotatable bonds is 6. The molecule has 0 unspecified atom stereocenters. The number of H-pyrrole nitrogens is 1. The highest BCUT2D eigenvalue weighted by atomic mass is 32.1. The third kappa shape index (κ3) is 4.13. The van der Waals surface area contributed by atoms with E-state index in [2.05, 4.69) is 41.4 Å². The quantitative estimate of drug-likeness (QED) is 0.346. The molecule has 164 valence electrons. The second kappa shape index (κ2) is 8.92. The van der Waals surface area contributed by atoms with Crippen LogP contribution in [0.1, 0.15) is 11.4 Å². The summed E-state index contributed by atoms with van der Waals surface area (Å²) in [7, 11) is 3.21. The zero-order chi connectivity index (χ0) is 22.8. The highest BCUT2D eigenvalue weighted by Crippen LogP contribution is 2.33. The Balaban J connectivity index is 1.46. The van der Waals surface area contributed by atoms with Crippen LogP contribution in [0, 0.1) is 0 Å². The molecule has 0 spiro atoms. The lowest BCUT2D eigenvalue weighted by Crippen LogP contribution is -2.11. The molecule has 2 heterocycles. The molecular formula is C27H22N2O3S. The number of aromatic nitrogens is 2. The van der Waals surface area contributed by atoms with E-state index in [4.69, 9.17) is 14.5 Å². The summed E-state index contributed by atoms with van der Waals surface area (Å²) in [6.45, 7) is 0. The fraction of sp³-hybridized carbons (Fsp3) is 0.111. The predicted octanol–water partition coefficient (Wildman–Crippen LogP) is 5.93. The second-order valence-corrected chi connectivity index (χ2v) is 8.51. The Kier molecular flexibility index (Phi) is 5.67. The first-order valence-electron chi connectivity index (χ1n) is 10.5. The van der Waals surface area contributed by atoms with Crippen molar-refractivity contribution in [2.75, 3.05) is 14.2 Å². The van der Waals surface area contributed by atoms with Gasteiger partial charge in [-0.05, 0) is 34.4 Å². The molecule has 3 aromatic carbocycles. The number of aromatic amines is 1. The number of hydrogen-bond acceptors (Lipinski definition) is 5. The zero-order valence-electron chi connectivity index (χ0n) is 18.3. The Morgan fingerprint density at radius 3 is 2.27 bits per heavy atom. The number of methoxy groups -OCH3 is 2. The first-order chi connectivity index (χ1) is 16.2. The van der Waals surface area contributed by atoms with Gasteiger partial charge in [0.25, 0.3) is 5.56 Å². The third-order valence-corrected chi connectivity index (χ3v) is 6.49. The maximum atomic E-state index is 13.0. The minimum absolute atomic E-state index is 0.126. The molecule has 0 aliphatic rings. The van der Waals surface area contributed by atoms with E-state index in [0.29, 0.717) is 29.1 Å². The van der Waals surface area contributed by atoms with Gasteiger partial charge in [-0.25, -0.2) is 4.98 Å². The molecule has 5 rings (SSSR count). The lowest BCUT2D eigenvalue weighted by Gasteiger charge is -2.09. The minimum Gasteiger partial charge on any atom is -0.493 e. The zero-order valence-corrected chi connectivity index (χ0v) is 19.1. The number of hydrogen-bond donors (Lipinski definition) is 1. The fourth-order valence-corrected chi connectivity index (χ4v) is 4.91. The number of nitrogens with one attached hydrogen (secondary N) is 1. The third-order valence-electron chi connectivity index (χ3n) is 5.62. The van der Waals surface area contributed by atoms with Gasteiger partial charge in [0, 0.05) is 17.4 Å². The molecule has 1 N–H and O–H groups in total. The van der Waals surface area contributed by atoms with Crippen LogP contribution in [0.15, 0.2) is 83.0 Å². The summed E-state index contributed by atoms with van der Waals surface area (Å²) in [6, 6.07) is 24.2. The summed E-state index contributed by atoms with van der Waals surface area (Å²) >= 11 is 1.49. The molecular weight excluding hydrogens is 432 g/mol. The van der Waals surface area contributed by atoms with Gasteiger partial charge >= 0.3 is 0 Å². The SMILES string of the molecule is COc1ccc(Cc2nc3scc(-c4ccc(-c5ccccc5)cc4)c3c(=O)[nH]2)cc1OC. The average molecular weight is 455 g/mol. The number of thiophene rings is 1. The molecule has 0 saturated carbocycles. The molecule has 5 aromatic rings. The van der Waals surface area contributed by atoms with Crippen molar-refractivity contribution in [1.29, 1.82) is 0 Å². The molecule has 0 atom stereocenters. The molecule has 2 aromatic heterocycles. The Morgan fingerprint density at radius 1 is 0.848 bits per heavy atom. The van der Waals surface area contributed by atoms with Gasteiger partial charge in [0.1, 0.15) is 10.7 Å². The highest BCUT2D eigenvalue weighted by Gasteiger charge is 2.14. The van der Waals surface area contributed by atoms with E-state index in [1.807, 2.05) is 41.8 Å². The Hall–Kier alpha value is -3.90. The van der Waals surface area contributed by atoms with Gasteiger partial charge in [-0.15, -0.1) is 11.3 Å². The van der Waals surface area contributed by atoms with Crippen LogP contribution in [-0.4, -0.2) is 24.2 Å². The van der Waals surface area contributed by atoms with E-state index >= 15 is 0 Å². The molecule has 0 saturated heterocycles. The van der Waals surface area contributed by atoms with E-state index in [9.17, 15) is 4.79 Å². The Morgan fingerprint density at radius 2 is 1.55 bits per heavy atom. The van der Waals surface area contributed by atoms with Gasteiger partial charge in [-0.2, -0.15) is 0 Å². The van der Waals surface area contributed by atoms with Gasteiger partial charge in [0.15, 0.2) is 11.5 Å². The van der Waals surface area contributed by atoms with Gasteiger partial charge < -0.3 is 14.5 Å². The number of benzene rings is 3. The van der Waals surface area contributed by atoms with E-state index in [1.54, 1.807) is 14.2 Å². The van der Waals surface area contributed by atoms with Crippen molar-refractivity contribution < 1.29 is 9.47 Å². The van der Waals surface area contributed by atoms with Gasteiger partial charge in [0.2, 0.25) is 0 Å². The Bertz CT molecular complexity index is 1470. The van der Waals surface area contributed by atoms with Crippen LogP contribution < -0.4 is 15.0 Å². The average Bonchev–Trinajstić information content (AvgIpc) is 3.29. The Labute approximate surface area is 195 Å². The van der Waals surface area contributed by atoms with Crippen molar-refractivity contribution in [1.82, 2.24) is 9.97 Å². The fourth-order valence-electron chi connectivity index (χ4n) is 3.95. The highest BCUT2D eigenvalue weighted by molar-refractivity contribution is 7.17. The minimum atomic E-state index is -0.126. The first kappa shape index (κ1) is 21.0. The predicted molar refractivity (Wildman–Crippen MR) is 133 cm³/mol. The van der Waals surface area contributed by atoms with Crippen LogP contribution in [0.2, 0.25) is 0 Å². The maximum absolute atomic E-state index is 13.0.